The van der Waals surface area contributed by atoms with Crippen LogP contribution in [0.5, 0.6) is 5.75 Å². The molecule has 2 heterocycles. The molecule has 1 N–H and O–H groups in total. The largest absolute Gasteiger partial charge is 0.496 e. The van der Waals surface area contributed by atoms with Crippen molar-refractivity contribution in [1.29, 1.82) is 0 Å². The van der Waals surface area contributed by atoms with E-state index in [0.717, 1.165) is 23.6 Å². The third-order valence-electron chi connectivity index (χ3n) is 4.55. The molecule has 0 unspecified atom stereocenters. The van der Waals surface area contributed by atoms with Gasteiger partial charge in [0.25, 0.3) is 5.91 Å². The molecule has 2 atom stereocenters. The summed E-state index contributed by atoms with van der Waals surface area (Å²) >= 11 is 0. The van der Waals surface area contributed by atoms with Gasteiger partial charge in [-0.25, -0.2) is 0 Å². The van der Waals surface area contributed by atoms with Crippen LogP contribution in [0.2, 0.25) is 0 Å². The van der Waals surface area contributed by atoms with Crippen molar-refractivity contribution in [3.8, 4) is 5.75 Å². The number of piperazine rings is 1. The lowest BCUT2D eigenvalue weighted by Crippen LogP contribution is -2.46. The quantitative estimate of drug-likeness (QED) is 0.916. The smallest absolute Gasteiger partial charge is 0.270 e. The third-order valence-corrected chi connectivity index (χ3v) is 4.55. The molecule has 2 aliphatic rings. The van der Waals surface area contributed by atoms with Gasteiger partial charge in [0.2, 0.25) is 0 Å². The fourth-order valence-electron chi connectivity index (χ4n) is 3.24. The van der Waals surface area contributed by atoms with Crippen molar-refractivity contribution in [2.75, 3.05) is 13.7 Å². The van der Waals surface area contributed by atoms with Crippen LogP contribution in [0.4, 0.5) is 0 Å². The average molecular weight is 272 g/mol. The molecule has 0 aliphatic carbocycles. The summed E-state index contributed by atoms with van der Waals surface area (Å²) in [6.07, 6.45) is 2.03. The SMILES string of the molecule is COc1ccc([C@H](C)N2C(=O)C3=C[C@H]2CN3)c(C)c1C. The second-order valence-corrected chi connectivity index (χ2v) is 5.52. The van der Waals surface area contributed by atoms with Crippen LogP contribution in [0, 0.1) is 13.8 Å². The first-order chi connectivity index (χ1) is 9.54. The van der Waals surface area contributed by atoms with Crippen molar-refractivity contribution in [2.45, 2.75) is 32.9 Å². The van der Waals surface area contributed by atoms with E-state index in [2.05, 4.69) is 32.2 Å². The van der Waals surface area contributed by atoms with Crippen molar-refractivity contribution < 1.29 is 9.53 Å². The summed E-state index contributed by atoms with van der Waals surface area (Å²) in [6, 6.07) is 4.33. The second-order valence-electron chi connectivity index (χ2n) is 5.52. The van der Waals surface area contributed by atoms with Crippen molar-refractivity contribution in [3.63, 3.8) is 0 Å². The number of amides is 1. The first kappa shape index (κ1) is 13.0. The molecule has 0 saturated heterocycles. The predicted octanol–water partition coefficient (Wildman–Crippen LogP) is 2.07. The molecule has 1 amide bonds. The van der Waals surface area contributed by atoms with Gasteiger partial charge in [-0.1, -0.05) is 6.07 Å². The number of nitrogens with zero attached hydrogens (tertiary/aromatic N) is 1. The van der Waals surface area contributed by atoms with Crippen molar-refractivity contribution in [3.05, 3.63) is 40.6 Å². The third kappa shape index (κ3) is 1.71. The van der Waals surface area contributed by atoms with E-state index in [1.807, 2.05) is 17.0 Å². The number of methoxy groups -OCH3 is 1. The Labute approximate surface area is 119 Å². The maximum absolute atomic E-state index is 12.3. The zero-order valence-electron chi connectivity index (χ0n) is 12.4. The molecule has 20 heavy (non-hydrogen) atoms. The van der Waals surface area contributed by atoms with Gasteiger partial charge in [0.05, 0.1) is 24.9 Å². The van der Waals surface area contributed by atoms with Gasteiger partial charge in [-0.05, 0) is 49.6 Å². The van der Waals surface area contributed by atoms with Gasteiger partial charge in [0.1, 0.15) is 5.75 Å². The summed E-state index contributed by atoms with van der Waals surface area (Å²) < 4.78 is 5.36. The molecule has 3 rings (SSSR count). The first-order valence-electron chi connectivity index (χ1n) is 6.97. The number of rotatable bonds is 3. The van der Waals surface area contributed by atoms with Crippen molar-refractivity contribution >= 4 is 5.91 Å². The molecule has 106 valence electrons. The highest BCUT2D eigenvalue weighted by Crippen LogP contribution is 2.35. The summed E-state index contributed by atoms with van der Waals surface area (Å²) in [5.41, 5.74) is 4.29. The summed E-state index contributed by atoms with van der Waals surface area (Å²) in [5, 5.41) is 3.14. The van der Waals surface area contributed by atoms with Crippen LogP contribution in [0.25, 0.3) is 0 Å². The number of carbonyl (C=O) groups excluding carboxylic acids is 1. The maximum Gasteiger partial charge on any atom is 0.270 e. The minimum atomic E-state index is 0.0768. The number of nitrogens with one attached hydrogen (secondary N) is 1. The van der Waals surface area contributed by atoms with E-state index < -0.39 is 0 Å². The number of benzene rings is 1. The Hall–Kier alpha value is -1.97. The molecule has 0 fully saturated rings. The van der Waals surface area contributed by atoms with Crippen molar-refractivity contribution in [1.82, 2.24) is 10.2 Å². The minimum Gasteiger partial charge on any atom is -0.496 e. The first-order valence-corrected chi connectivity index (χ1v) is 6.97. The Kier molecular flexibility index (Phi) is 2.96. The number of hydrogen-bond donors (Lipinski definition) is 1. The van der Waals surface area contributed by atoms with Crippen LogP contribution < -0.4 is 10.1 Å². The number of fused-ring (bicyclic) bond motifs is 1. The van der Waals surface area contributed by atoms with E-state index in [4.69, 9.17) is 4.74 Å². The standard InChI is InChI=1S/C16H20N2O2/c1-9-10(2)15(20-4)6-5-13(9)11(3)18-12-7-14(16(18)19)17-8-12/h5-7,11-12,17H,8H2,1-4H3/t11-,12-/m0/s1. The normalized spacial score (nSPS) is 21.8. The Morgan fingerprint density at radius 3 is 2.70 bits per heavy atom. The van der Waals surface area contributed by atoms with Crippen LogP contribution in [-0.4, -0.2) is 30.5 Å². The topological polar surface area (TPSA) is 41.6 Å². The highest BCUT2D eigenvalue weighted by atomic mass is 16.5. The summed E-state index contributed by atoms with van der Waals surface area (Å²) in [7, 11) is 1.69. The zero-order chi connectivity index (χ0) is 14.4. The van der Waals surface area contributed by atoms with Crippen LogP contribution in [0.3, 0.4) is 0 Å². The van der Waals surface area contributed by atoms with Gasteiger partial charge in [-0.3, -0.25) is 4.79 Å². The van der Waals surface area contributed by atoms with Crippen LogP contribution >= 0.6 is 0 Å². The minimum absolute atomic E-state index is 0.0768. The highest BCUT2D eigenvalue weighted by Gasteiger charge is 2.40. The molecule has 0 saturated carbocycles. The van der Waals surface area contributed by atoms with Crippen LogP contribution in [-0.2, 0) is 4.79 Å². The van der Waals surface area contributed by atoms with E-state index in [9.17, 15) is 4.79 Å². The lowest BCUT2D eigenvalue weighted by molar-refractivity contribution is -0.130. The maximum atomic E-state index is 12.3. The number of hydrogen-bond acceptors (Lipinski definition) is 3. The molecule has 0 spiro atoms. The lowest BCUT2D eigenvalue weighted by atomic mass is 9.96. The summed E-state index contributed by atoms with van der Waals surface area (Å²) in [5.74, 6) is 1.01. The Bertz CT molecular complexity index is 607. The zero-order valence-corrected chi connectivity index (χ0v) is 12.4. The fraction of sp³-hybridized carbons (Fsp3) is 0.438. The van der Waals surface area contributed by atoms with Crippen LogP contribution in [0.15, 0.2) is 23.9 Å². The van der Waals surface area contributed by atoms with Gasteiger partial charge in [0.15, 0.2) is 0 Å². The van der Waals surface area contributed by atoms with E-state index in [0.29, 0.717) is 0 Å². The van der Waals surface area contributed by atoms with Crippen LogP contribution in [0.1, 0.15) is 29.7 Å². The van der Waals surface area contributed by atoms with E-state index in [1.165, 1.54) is 11.1 Å². The van der Waals surface area contributed by atoms with Gasteiger partial charge < -0.3 is 15.0 Å². The van der Waals surface area contributed by atoms with Crippen molar-refractivity contribution in [2.24, 2.45) is 0 Å². The summed E-state index contributed by atoms with van der Waals surface area (Å²) in [4.78, 5) is 14.2. The number of ether oxygens (including phenoxy) is 1. The number of carbonyl (C=O) groups is 1. The Balaban J connectivity index is 1.94. The van der Waals surface area contributed by atoms with E-state index in [1.54, 1.807) is 7.11 Å². The van der Waals surface area contributed by atoms with E-state index >= 15 is 0 Å². The lowest BCUT2D eigenvalue weighted by Gasteiger charge is -2.34. The molecule has 0 aromatic heterocycles. The molecule has 0 radical (unpaired) electrons. The Morgan fingerprint density at radius 1 is 1.35 bits per heavy atom. The molecular weight excluding hydrogens is 252 g/mol. The van der Waals surface area contributed by atoms with E-state index in [-0.39, 0.29) is 18.0 Å². The predicted molar refractivity (Wildman–Crippen MR) is 77.6 cm³/mol. The molecule has 1 aromatic rings. The molecule has 2 aliphatic heterocycles. The average Bonchev–Trinajstić information content (AvgIpc) is 3.02. The molecule has 4 heteroatoms. The molecular formula is C16H20N2O2. The summed E-state index contributed by atoms with van der Waals surface area (Å²) in [6.45, 7) is 7.09. The fourth-order valence-corrected chi connectivity index (χ4v) is 3.24. The highest BCUT2D eigenvalue weighted by molar-refractivity contribution is 5.97. The monoisotopic (exact) mass is 272 g/mol. The molecule has 1 aromatic carbocycles. The Morgan fingerprint density at radius 2 is 2.10 bits per heavy atom. The van der Waals surface area contributed by atoms with Gasteiger partial charge in [-0.15, -0.1) is 0 Å². The van der Waals surface area contributed by atoms with Gasteiger partial charge in [-0.2, -0.15) is 0 Å². The molecule has 4 nitrogen and oxygen atoms in total. The van der Waals surface area contributed by atoms with Gasteiger partial charge >= 0.3 is 0 Å². The molecule has 2 bridgehead atoms. The second kappa shape index (κ2) is 4.54. The van der Waals surface area contributed by atoms with Gasteiger partial charge in [0, 0.05) is 6.54 Å².